The number of hydrogen-bond acceptors (Lipinski definition) is 4. The first-order valence-electron chi connectivity index (χ1n) is 6.78. The van der Waals surface area contributed by atoms with Gasteiger partial charge in [-0.05, 0) is 54.6 Å². The first kappa shape index (κ1) is 13.2. The third-order valence-electron chi connectivity index (χ3n) is 3.41. The quantitative estimate of drug-likeness (QED) is 0.777. The molecular weight excluding hydrogens is 266 g/mol. The summed E-state index contributed by atoms with van der Waals surface area (Å²) < 4.78 is 1.25. The van der Waals surface area contributed by atoms with Crippen molar-refractivity contribution in [2.45, 2.75) is 19.4 Å². The number of nitrogens with zero attached hydrogens (tertiary/aromatic N) is 2. The maximum Gasteiger partial charge on any atom is 0.0809 e. The highest BCUT2D eigenvalue weighted by atomic mass is 32.1. The van der Waals surface area contributed by atoms with Gasteiger partial charge in [0.25, 0.3) is 0 Å². The molecule has 3 heterocycles. The minimum Gasteiger partial charge on any atom is -0.310 e. The third kappa shape index (κ3) is 3.03. The van der Waals surface area contributed by atoms with Crippen LogP contribution in [0.15, 0.2) is 48.2 Å². The van der Waals surface area contributed by atoms with E-state index < -0.39 is 0 Å². The molecule has 102 valence electrons. The van der Waals surface area contributed by atoms with Crippen molar-refractivity contribution in [2.75, 3.05) is 6.54 Å². The van der Waals surface area contributed by atoms with E-state index in [4.69, 9.17) is 0 Å². The van der Waals surface area contributed by atoms with Crippen molar-refractivity contribution in [3.8, 4) is 0 Å². The van der Waals surface area contributed by atoms with Gasteiger partial charge < -0.3 is 5.32 Å². The Hall–Kier alpha value is -1.78. The molecule has 3 rings (SSSR count). The van der Waals surface area contributed by atoms with E-state index in [0.717, 1.165) is 18.5 Å². The summed E-state index contributed by atoms with van der Waals surface area (Å²) in [4.78, 5) is 8.62. The number of hydrogen-bond donors (Lipinski definition) is 1. The first-order valence-corrected chi connectivity index (χ1v) is 7.66. The maximum absolute atomic E-state index is 4.49. The molecule has 3 aromatic heterocycles. The SMILES string of the molecule is CC(NCCc1cccnc1)c1cnc2ccsc2c1. The van der Waals surface area contributed by atoms with Crippen molar-refractivity contribution in [3.63, 3.8) is 0 Å². The van der Waals surface area contributed by atoms with E-state index in [1.54, 1.807) is 11.3 Å². The summed E-state index contributed by atoms with van der Waals surface area (Å²) in [5.74, 6) is 0. The predicted octanol–water partition coefficient (Wildman–Crippen LogP) is 3.58. The first-order chi connectivity index (χ1) is 9.83. The molecule has 20 heavy (non-hydrogen) atoms. The van der Waals surface area contributed by atoms with Gasteiger partial charge >= 0.3 is 0 Å². The van der Waals surface area contributed by atoms with Crippen LogP contribution in [0.4, 0.5) is 0 Å². The van der Waals surface area contributed by atoms with Crippen molar-refractivity contribution < 1.29 is 0 Å². The number of nitrogens with one attached hydrogen (secondary N) is 1. The van der Waals surface area contributed by atoms with Crippen LogP contribution in [0.3, 0.4) is 0 Å². The lowest BCUT2D eigenvalue weighted by Gasteiger charge is -2.14. The molecule has 0 bridgehead atoms. The molecule has 1 unspecified atom stereocenters. The average molecular weight is 283 g/mol. The summed E-state index contributed by atoms with van der Waals surface area (Å²) in [6.45, 7) is 3.12. The van der Waals surface area contributed by atoms with Gasteiger partial charge in [0.05, 0.1) is 10.2 Å². The summed E-state index contributed by atoms with van der Waals surface area (Å²) in [6, 6.07) is 8.69. The molecule has 0 aliphatic carbocycles. The summed E-state index contributed by atoms with van der Waals surface area (Å²) >= 11 is 1.74. The highest BCUT2D eigenvalue weighted by Crippen LogP contribution is 2.22. The molecule has 0 aliphatic rings. The molecular formula is C16H17N3S. The Balaban J connectivity index is 1.59. The molecule has 4 heteroatoms. The number of aromatic nitrogens is 2. The fraction of sp³-hybridized carbons (Fsp3) is 0.250. The highest BCUT2D eigenvalue weighted by Gasteiger charge is 2.07. The van der Waals surface area contributed by atoms with E-state index in [9.17, 15) is 0 Å². The van der Waals surface area contributed by atoms with Crippen molar-refractivity contribution in [3.05, 3.63) is 59.4 Å². The lowest BCUT2D eigenvalue weighted by Crippen LogP contribution is -2.21. The van der Waals surface area contributed by atoms with Gasteiger partial charge in [0.2, 0.25) is 0 Å². The lowest BCUT2D eigenvalue weighted by molar-refractivity contribution is 0.576. The standard InChI is InChI=1S/C16H17N3S/c1-12(18-7-4-13-3-2-6-17-10-13)14-9-16-15(19-11-14)5-8-20-16/h2-3,5-6,8-12,18H,4,7H2,1H3. The van der Waals surface area contributed by atoms with E-state index in [2.05, 4.69) is 45.8 Å². The van der Waals surface area contributed by atoms with Crippen LogP contribution in [0.5, 0.6) is 0 Å². The average Bonchev–Trinajstić information content (AvgIpc) is 2.95. The van der Waals surface area contributed by atoms with Crippen molar-refractivity contribution >= 4 is 21.6 Å². The van der Waals surface area contributed by atoms with E-state index in [1.165, 1.54) is 15.8 Å². The minimum absolute atomic E-state index is 0.311. The second-order valence-corrected chi connectivity index (χ2v) is 5.81. The fourth-order valence-electron chi connectivity index (χ4n) is 2.20. The van der Waals surface area contributed by atoms with Crippen molar-refractivity contribution in [1.82, 2.24) is 15.3 Å². The van der Waals surface area contributed by atoms with Gasteiger partial charge in [0.1, 0.15) is 0 Å². The number of rotatable bonds is 5. The van der Waals surface area contributed by atoms with Gasteiger partial charge in [0, 0.05) is 24.6 Å². The Kier molecular flexibility index (Phi) is 4.04. The summed E-state index contributed by atoms with van der Waals surface area (Å²) in [5, 5.41) is 5.63. The van der Waals surface area contributed by atoms with Crippen LogP contribution in [0.2, 0.25) is 0 Å². The Morgan fingerprint density at radius 2 is 2.25 bits per heavy atom. The predicted molar refractivity (Wildman–Crippen MR) is 84.0 cm³/mol. The van der Waals surface area contributed by atoms with Gasteiger partial charge in [-0.1, -0.05) is 6.07 Å². The van der Waals surface area contributed by atoms with E-state index >= 15 is 0 Å². The molecule has 0 aromatic carbocycles. The molecule has 0 fully saturated rings. The van der Waals surface area contributed by atoms with E-state index in [1.807, 2.05) is 24.7 Å². The van der Waals surface area contributed by atoms with Crippen molar-refractivity contribution in [1.29, 1.82) is 0 Å². The van der Waals surface area contributed by atoms with Crippen LogP contribution in [0.1, 0.15) is 24.1 Å². The summed E-state index contributed by atoms with van der Waals surface area (Å²) in [6.07, 6.45) is 6.69. The van der Waals surface area contributed by atoms with Gasteiger partial charge in [-0.3, -0.25) is 9.97 Å². The van der Waals surface area contributed by atoms with Crippen molar-refractivity contribution in [2.24, 2.45) is 0 Å². The van der Waals surface area contributed by atoms with E-state index in [0.29, 0.717) is 6.04 Å². The summed E-state index contributed by atoms with van der Waals surface area (Å²) in [7, 11) is 0. The maximum atomic E-state index is 4.49. The monoisotopic (exact) mass is 283 g/mol. The second-order valence-electron chi connectivity index (χ2n) is 4.86. The van der Waals surface area contributed by atoms with Crippen LogP contribution in [-0.2, 0) is 6.42 Å². The molecule has 1 atom stereocenters. The second kappa shape index (κ2) is 6.11. The molecule has 0 saturated carbocycles. The fourth-order valence-corrected chi connectivity index (χ4v) is 2.98. The third-order valence-corrected chi connectivity index (χ3v) is 4.26. The molecule has 0 spiro atoms. The molecule has 0 amide bonds. The zero-order valence-corrected chi connectivity index (χ0v) is 12.2. The normalized spacial score (nSPS) is 12.7. The van der Waals surface area contributed by atoms with Gasteiger partial charge in [-0.15, -0.1) is 11.3 Å². The largest absolute Gasteiger partial charge is 0.310 e. The smallest absolute Gasteiger partial charge is 0.0809 e. The Labute approximate surface area is 122 Å². The van der Waals surface area contributed by atoms with Crippen LogP contribution in [0.25, 0.3) is 10.2 Å². The minimum atomic E-state index is 0.311. The molecule has 0 saturated heterocycles. The Morgan fingerprint density at radius 1 is 1.30 bits per heavy atom. The number of thiophene rings is 1. The Bertz CT molecular complexity index is 678. The summed E-state index contributed by atoms with van der Waals surface area (Å²) in [5.41, 5.74) is 3.59. The van der Waals surface area contributed by atoms with Crippen LogP contribution < -0.4 is 5.32 Å². The molecule has 3 aromatic rings. The number of fused-ring (bicyclic) bond motifs is 1. The van der Waals surface area contributed by atoms with Crippen LogP contribution >= 0.6 is 11.3 Å². The highest BCUT2D eigenvalue weighted by molar-refractivity contribution is 7.17. The van der Waals surface area contributed by atoms with Crippen LogP contribution in [-0.4, -0.2) is 16.5 Å². The molecule has 3 nitrogen and oxygen atoms in total. The zero-order valence-electron chi connectivity index (χ0n) is 11.4. The van der Waals surface area contributed by atoms with Gasteiger partial charge in [-0.25, -0.2) is 0 Å². The Morgan fingerprint density at radius 3 is 3.10 bits per heavy atom. The molecule has 0 aliphatic heterocycles. The van der Waals surface area contributed by atoms with E-state index in [-0.39, 0.29) is 0 Å². The van der Waals surface area contributed by atoms with Gasteiger partial charge in [0.15, 0.2) is 0 Å². The van der Waals surface area contributed by atoms with Crippen LogP contribution in [0, 0.1) is 0 Å². The molecule has 0 radical (unpaired) electrons. The van der Waals surface area contributed by atoms with Gasteiger partial charge in [-0.2, -0.15) is 0 Å². The number of pyridine rings is 2. The lowest BCUT2D eigenvalue weighted by atomic mass is 10.1. The molecule has 1 N–H and O–H groups in total. The zero-order chi connectivity index (χ0) is 13.8. The topological polar surface area (TPSA) is 37.8 Å².